The van der Waals surface area contributed by atoms with Crippen molar-refractivity contribution in [2.75, 3.05) is 6.61 Å². The second-order valence-electron chi connectivity index (χ2n) is 5.44. The van der Waals surface area contributed by atoms with E-state index in [0.29, 0.717) is 6.61 Å². The zero-order valence-corrected chi connectivity index (χ0v) is 12.1. The van der Waals surface area contributed by atoms with Gasteiger partial charge in [-0.25, -0.2) is 0 Å². The molecule has 0 aliphatic carbocycles. The topological polar surface area (TPSA) is 46.5 Å². The first-order chi connectivity index (χ1) is 8.84. The minimum absolute atomic E-state index is 0.0252. The van der Waals surface area contributed by atoms with Crippen LogP contribution in [0.3, 0.4) is 0 Å². The fraction of sp³-hybridized carbons (Fsp3) is 0.438. The first kappa shape index (κ1) is 15.3. The summed E-state index contributed by atoms with van der Waals surface area (Å²) in [4.78, 5) is 11.2. The largest absolute Gasteiger partial charge is 0.507 e. The molecule has 0 aliphatic rings. The molecule has 1 rings (SSSR count). The van der Waals surface area contributed by atoms with Crippen LogP contribution in [0.5, 0.6) is 5.75 Å². The standard InChI is InChI=1S/C16H22O3/c1-5-19-15(18)8-6-7-12-11-13(16(2,3)4)9-10-14(12)17/h6-7,9-11,17H,5,8H2,1-4H3. The van der Waals surface area contributed by atoms with Gasteiger partial charge < -0.3 is 9.84 Å². The van der Waals surface area contributed by atoms with E-state index < -0.39 is 0 Å². The van der Waals surface area contributed by atoms with Crippen LogP contribution in [0.2, 0.25) is 0 Å². The van der Waals surface area contributed by atoms with Gasteiger partial charge in [0.25, 0.3) is 0 Å². The average Bonchev–Trinajstić information content (AvgIpc) is 2.30. The number of rotatable bonds is 4. The molecule has 0 aliphatic heterocycles. The van der Waals surface area contributed by atoms with Gasteiger partial charge in [-0.05, 0) is 30.0 Å². The summed E-state index contributed by atoms with van der Waals surface area (Å²) in [5.41, 5.74) is 1.88. The van der Waals surface area contributed by atoms with Gasteiger partial charge in [-0.3, -0.25) is 4.79 Å². The van der Waals surface area contributed by atoms with Gasteiger partial charge in [0.2, 0.25) is 0 Å². The van der Waals surface area contributed by atoms with Gasteiger partial charge in [-0.2, -0.15) is 0 Å². The SMILES string of the molecule is CCOC(=O)CC=Cc1cc(C(C)(C)C)ccc1O. The van der Waals surface area contributed by atoms with E-state index in [-0.39, 0.29) is 23.6 Å². The Hall–Kier alpha value is -1.77. The summed E-state index contributed by atoms with van der Waals surface area (Å²) >= 11 is 0. The number of phenols is 1. The number of aromatic hydroxyl groups is 1. The summed E-state index contributed by atoms with van der Waals surface area (Å²) < 4.78 is 4.84. The zero-order chi connectivity index (χ0) is 14.5. The van der Waals surface area contributed by atoms with Gasteiger partial charge in [0.05, 0.1) is 13.0 Å². The molecule has 0 radical (unpaired) electrons. The Morgan fingerprint density at radius 2 is 2.05 bits per heavy atom. The lowest BCUT2D eigenvalue weighted by atomic mass is 9.86. The maximum Gasteiger partial charge on any atom is 0.309 e. The van der Waals surface area contributed by atoms with Gasteiger partial charge in [-0.15, -0.1) is 0 Å². The Morgan fingerprint density at radius 1 is 1.37 bits per heavy atom. The zero-order valence-electron chi connectivity index (χ0n) is 12.1. The number of carbonyl (C=O) groups excluding carboxylic acids is 1. The Balaban J connectivity index is 2.83. The fourth-order valence-corrected chi connectivity index (χ4v) is 1.66. The van der Waals surface area contributed by atoms with Crippen LogP contribution in [-0.4, -0.2) is 17.7 Å². The number of ether oxygens (including phenoxy) is 1. The Bertz CT molecular complexity index is 467. The van der Waals surface area contributed by atoms with Gasteiger partial charge in [0.15, 0.2) is 0 Å². The monoisotopic (exact) mass is 262 g/mol. The molecule has 0 heterocycles. The molecule has 1 aromatic rings. The van der Waals surface area contributed by atoms with E-state index >= 15 is 0 Å². The number of benzene rings is 1. The maximum atomic E-state index is 11.2. The molecule has 1 aromatic carbocycles. The molecule has 1 N–H and O–H groups in total. The van der Waals surface area contributed by atoms with Crippen molar-refractivity contribution in [1.29, 1.82) is 0 Å². The number of carbonyl (C=O) groups is 1. The third-order valence-electron chi connectivity index (χ3n) is 2.78. The molecule has 0 bridgehead atoms. The van der Waals surface area contributed by atoms with E-state index in [1.54, 1.807) is 25.1 Å². The Morgan fingerprint density at radius 3 is 2.63 bits per heavy atom. The van der Waals surface area contributed by atoms with Crippen molar-refractivity contribution in [2.24, 2.45) is 0 Å². The van der Waals surface area contributed by atoms with Gasteiger partial charge in [0, 0.05) is 5.56 Å². The smallest absolute Gasteiger partial charge is 0.309 e. The summed E-state index contributed by atoms with van der Waals surface area (Å²) in [5.74, 6) is -0.0432. The molecule has 19 heavy (non-hydrogen) atoms. The number of hydrogen-bond acceptors (Lipinski definition) is 3. The third kappa shape index (κ3) is 4.78. The summed E-state index contributed by atoms with van der Waals surface area (Å²) in [6, 6.07) is 5.54. The van der Waals surface area contributed by atoms with E-state index in [4.69, 9.17) is 4.74 Å². The third-order valence-corrected chi connectivity index (χ3v) is 2.78. The van der Waals surface area contributed by atoms with Gasteiger partial charge in [-0.1, -0.05) is 39.0 Å². The van der Waals surface area contributed by atoms with Crippen molar-refractivity contribution in [3.63, 3.8) is 0 Å². The molecule has 0 amide bonds. The summed E-state index contributed by atoms with van der Waals surface area (Å²) in [5, 5.41) is 9.80. The molecule has 3 nitrogen and oxygen atoms in total. The predicted octanol–water partition coefficient (Wildman–Crippen LogP) is 3.66. The summed E-state index contributed by atoms with van der Waals surface area (Å²) in [6.45, 7) is 8.51. The number of hydrogen-bond donors (Lipinski definition) is 1. The van der Waals surface area contributed by atoms with Crippen LogP contribution < -0.4 is 0 Å². The molecule has 0 saturated carbocycles. The van der Waals surface area contributed by atoms with Crippen molar-refractivity contribution in [2.45, 2.75) is 39.5 Å². The lowest BCUT2D eigenvalue weighted by Crippen LogP contribution is -2.10. The Kier molecular flexibility index (Phi) is 5.16. The molecule has 0 saturated heterocycles. The molecule has 3 heteroatoms. The predicted molar refractivity (Wildman–Crippen MR) is 77.1 cm³/mol. The molecule has 0 fully saturated rings. The van der Waals surface area contributed by atoms with E-state index in [0.717, 1.165) is 11.1 Å². The van der Waals surface area contributed by atoms with Crippen molar-refractivity contribution in [1.82, 2.24) is 0 Å². The highest BCUT2D eigenvalue weighted by Gasteiger charge is 2.14. The summed E-state index contributed by atoms with van der Waals surface area (Å²) in [6.07, 6.45) is 3.67. The Labute approximate surface area is 114 Å². The van der Waals surface area contributed by atoms with E-state index in [9.17, 15) is 9.90 Å². The highest BCUT2D eigenvalue weighted by Crippen LogP contribution is 2.28. The first-order valence-electron chi connectivity index (χ1n) is 6.50. The second-order valence-corrected chi connectivity index (χ2v) is 5.44. The molecule has 0 atom stereocenters. The van der Waals surface area contributed by atoms with Crippen LogP contribution in [-0.2, 0) is 14.9 Å². The lowest BCUT2D eigenvalue weighted by Gasteiger charge is -2.19. The van der Waals surface area contributed by atoms with Crippen LogP contribution in [0.4, 0.5) is 0 Å². The van der Waals surface area contributed by atoms with E-state index in [2.05, 4.69) is 20.8 Å². The van der Waals surface area contributed by atoms with Crippen LogP contribution in [0, 0.1) is 0 Å². The molecule has 0 aromatic heterocycles. The molecule has 104 valence electrons. The van der Waals surface area contributed by atoms with Gasteiger partial charge >= 0.3 is 5.97 Å². The molecular formula is C16H22O3. The van der Waals surface area contributed by atoms with E-state index in [1.165, 1.54) is 0 Å². The molecular weight excluding hydrogens is 240 g/mol. The normalized spacial score (nSPS) is 11.8. The fourth-order valence-electron chi connectivity index (χ4n) is 1.66. The van der Waals surface area contributed by atoms with Crippen LogP contribution in [0.15, 0.2) is 24.3 Å². The van der Waals surface area contributed by atoms with Crippen LogP contribution in [0.25, 0.3) is 6.08 Å². The van der Waals surface area contributed by atoms with E-state index in [1.807, 2.05) is 12.1 Å². The van der Waals surface area contributed by atoms with Gasteiger partial charge in [0.1, 0.15) is 5.75 Å². The second kappa shape index (κ2) is 6.41. The number of phenolic OH excluding ortho intramolecular Hbond substituents is 1. The van der Waals surface area contributed by atoms with Crippen LogP contribution >= 0.6 is 0 Å². The molecule has 0 unspecified atom stereocenters. The van der Waals surface area contributed by atoms with Crippen molar-refractivity contribution < 1.29 is 14.6 Å². The quantitative estimate of drug-likeness (QED) is 0.842. The first-order valence-corrected chi connectivity index (χ1v) is 6.50. The average molecular weight is 262 g/mol. The minimum atomic E-state index is -0.259. The van der Waals surface area contributed by atoms with Crippen molar-refractivity contribution in [3.8, 4) is 5.75 Å². The summed E-state index contributed by atoms with van der Waals surface area (Å²) in [7, 11) is 0. The lowest BCUT2D eigenvalue weighted by molar-refractivity contribution is -0.142. The maximum absolute atomic E-state index is 11.2. The molecule has 0 spiro atoms. The highest BCUT2D eigenvalue weighted by molar-refractivity contribution is 5.73. The van der Waals surface area contributed by atoms with Crippen molar-refractivity contribution >= 4 is 12.0 Å². The number of esters is 1. The highest BCUT2D eigenvalue weighted by atomic mass is 16.5. The van der Waals surface area contributed by atoms with Crippen LogP contribution in [0.1, 0.15) is 45.2 Å². The minimum Gasteiger partial charge on any atom is -0.507 e. The van der Waals surface area contributed by atoms with Crippen molar-refractivity contribution in [3.05, 3.63) is 35.4 Å².